The summed E-state index contributed by atoms with van der Waals surface area (Å²) >= 11 is 0. The van der Waals surface area contributed by atoms with Gasteiger partial charge in [-0.15, -0.1) is 0 Å². The van der Waals surface area contributed by atoms with Crippen LogP contribution in [0.1, 0.15) is 15.9 Å². The third-order valence-electron chi connectivity index (χ3n) is 2.57. The fourth-order valence-electron chi connectivity index (χ4n) is 1.56. The van der Waals surface area contributed by atoms with Gasteiger partial charge in [-0.2, -0.15) is 0 Å². The summed E-state index contributed by atoms with van der Waals surface area (Å²) in [6, 6.07) is 6.78. The maximum absolute atomic E-state index is 10.9. The first-order chi connectivity index (χ1) is 9.49. The number of nitro groups is 1. The van der Waals surface area contributed by atoms with E-state index in [1.165, 1.54) is 6.20 Å². The molecule has 0 radical (unpaired) electrons. The average molecular weight is 274 g/mol. The molecule has 7 nitrogen and oxygen atoms in total. The van der Waals surface area contributed by atoms with Gasteiger partial charge < -0.3 is 9.84 Å². The minimum atomic E-state index is -1.19. The van der Waals surface area contributed by atoms with Crippen molar-refractivity contribution < 1.29 is 19.6 Å². The fraction of sp³-hybridized carbons (Fsp3) is 0.0769. The lowest BCUT2D eigenvalue weighted by Crippen LogP contribution is -2.00. The molecule has 1 aromatic carbocycles. The number of ether oxygens (including phenoxy) is 1. The monoisotopic (exact) mass is 274 g/mol. The summed E-state index contributed by atoms with van der Waals surface area (Å²) in [7, 11) is 0. The first kappa shape index (κ1) is 13.5. The van der Waals surface area contributed by atoms with Crippen molar-refractivity contribution in [3.05, 3.63) is 57.8 Å². The first-order valence-electron chi connectivity index (χ1n) is 5.60. The Morgan fingerprint density at radius 3 is 2.75 bits per heavy atom. The van der Waals surface area contributed by atoms with Crippen LogP contribution in [0.25, 0.3) is 0 Å². The fourth-order valence-corrected chi connectivity index (χ4v) is 1.56. The number of aromatic carboxylic acids is 1. The third-order valence-corrected chi connectivity index (χ3v) is 2.57. The van der Waals surface area contributed by atoms with Crippen molar-refractivity contribution in [3.8, 4) is 11.6 Å². The van der Waals surface area contributed by atoms with E-state index in [1.54, 1.807) is 19.1 Å². The average Bonchev–Trinajstić information content (AvgIpc) is 2.41. The van der Waals surface area contributed by atoms with E-state index >= 15 is 0 Å². The van der Waals surface area contributed by atoms with Gasteiger partial charge in [-0.25, -0.2) is 9.78 Å². The van der Waals surface area contributed by atoms with E-state index in [2.05, 4.69) is 4.98 Å². The molecule has 102 valence electrons. The van der Waals surface area contributed by atoms with Gasteiger partial charge in [0.15, 0.2) is 0 Å². The molecule has 2 rings (SSSR count). The van der Waals surface area contributed by atoms with Gasteiger partial charge in [0.2, 0.25) is 11.6 Å². The number of nitro benzene ring substituents is 1. The summed E-state index contributed by atoms with van der Waals surface area (Å²) in [5.74, 6) is -1.16. The molecule has 2 aromatic rings. The number of carboxylic acid groups (broad SMARTS) is 1. The summed E-state index contributed by atoms with van der Waals surface area (Å²) in [6.45, 7) is 1.73. The summed E-state index contributed by atoms with van der Waals surface area (Å²) in [6.07, 6.45) is 1.48. The van der Waals surface area contributed by atoms with Crippen molar-refractivity contribution in [3.63, 3.8) is 0 Å². The zero-order chi connectivity index (χ0) is 14.7. The second-order valence-electron chi connectivity index (χ2n) is 3.97. The Balaban J connectivity index is 2.48. The van der Waals surface area contributed by atoms with Gasteiger partial charge >= 0.3 is 11.7 Å². The van der Waals surface area contributed by atoms with E-state index in [1.807, 2.05) is 0 Å². The van der Waals surface area contributed by atoms with Gasteiger partial charge in [0.25, 0.3) is 0 Å². The van der Waals surface area contributed by atoms with E-state index in [0.717, 1.165) is 18.2 Å². The minimum absolute atomic E-state index is 0.0980. The van der Waals surface area contributed by atoms with Gasteiger partial charge in [-0.05, 0) is 19.1 Å². The number of rotatable bonds is 4. The normalized spacial score (nSPS) is 10.1. The van der Waals surface area contributed by atoms with Crippen LogP contribution in [-0.2, 0) is 0 Å². The number of hydrogen-bond acceptors (Lipinski definition) is 5. The van der Waals surface area contributed by atoms with Crippen LogP contribution < -0.4 is 4.74 Å². The van der Waals surface area contributed by atoms with Crippen LogP contribution in [0.15, 0.2) is 36.5 Å². The van der Waals surface area contributed by atoms with Gasteiger partial charge in [0.1, 0.15) is 0 Å². The Kier molecular flexibility index (Phi) is 3.60. The van der Waals surface area contributed by atoms with E-state index in [9.17, 15) is 14.9 Å². The van der Waals surface area contributed by atoms with E-state index in [4.69, 9.17) is 9.84 Å². The van der Waals surface area contributed by atoms with Crippen LogP contribution in [0, 0.1) is 17.0 Å². The topological polar surface area (TPSA) is 103 Å². The Morgan fingerprint density at radius 2 is 2.15 bits per heavy atom. The maximum Gasteiger partial charge on any atom is 0.335 e. The Labute approximate surface area is 113 Å². The highest BCUT2D eigenvalue weighted by molar-refractivity contribution is 5.88. The maximum atomic E-state index is 10.9. The van der Waals surface area contributed by atoms with Crippen molar-refractivity contribution in [2.45, 2.75) is 6.92 Å². The van der Waals surface area contributed by atoms with Crippen molar-refractivity contribution in [1.29, 1.82) is 0 Å². The zero-order valence-electron chi connectivity index (χ0n) is 10.4. The molecule has 0 spiro atoms. The molecule has 1 aromatic heterocycles. The summed E-state index contributed by atoms with van der Waals surface area (Å²) in [5, 5.41) is 19.9. The van der Waals surface area contributed by atoms with Crippen LogP contribution in [0.3, 0.4) is 0 Å². The lowest BCUT2D eigenvalue weighted by molar-refractivity contribution is -0.385. The van der Waals surface area contributed by atoms with Crippen LogP contribution in [0.4, 0.5) is 5.69 Å². The van der Waals surface area contributed by atoms with Crippen molar-refractivity contribution in [1.82, 2.24) is 4.98 Å². The minimum Gasteiger partial charge on any atom is -0.478 e. The number of carbonyl (C=O) groups is 1. The van der Waals surface area contributed by atoms with Gasteiger partial charge in [-0.1, -0.05) is 6.07 Å². The molecule has 0 atom stereocenters. The smallest absolute Gasteiger partial charge is 0.335 e. The van der Waals surface area contributed by atoms with Gasteiger partial charge in [0.05, 0.1) is 10.5 Å². The number of pyridine rings is 1. The largest absolute Gasteiger partial charge is 0.478 e. The van der Waals surface area contributed by atoms with Crippen molar-refractivity contribution in [2.24, 2.45) is 0 Å². The van der Waals surface area contributed by atoms with Crippen molar-refractivity contribution in [2.75, 3.05) is 0 Å². The number of hydrogen-bond donors (Lipinski definition) is 1. The first-order valence-corrected chi connectivity index (χ1v) is 5.60. The molecule has 1 N–H and O–H groups in total. The van der Waals surface area contributed by atoms with Gasteiger partial charge in [-0.3, -0.25) is 10.1 Å². The van der Waals surface area contributed by atoms with Crippen LogP contribution in [0.5, 0.6) is 11.6 Å². The molecule has 0 unspecified atom stereocenters. The molecule has 7 heteroatoms. The van der Waals surface area contributed by atoms with E-state index < -0.39 is 10.9 Å². The van der Waals surface area contributed by atoms with E-state index in [-0.39, 0.29) is 22.9 Å². The summed E-state index contributed by atoms with van der Waals surface area (Å²) in [5.41, 5.74) is 0.266. The second kappa shape index (κ2) is 5.35. The van der Waals surface area contributed by atoms with Crippen molar-refractivity contribution >= 4 is 11.7 Å². The molecular formula is C13H10N2O5. The van der Waals surface area contributed by atoms with E-state index in [0.29, 0.717) is 5.56 Å². The number of carboxylic acids is 1. The molecule has 0 aliphatic rings. The SMILES string of the molecule is Cc1cccnc1Oc1cc(C(=O)O)ccc1[N+](=O)[O-]. The molecule has 20 heavy (non-hydrogen) atoms. The summed E-state index contributed by atoms with van der Waals surface area (Å²) < 4.78 is 5.38. The predicted molar refractivity (Wildman–Crippen MR) is 69.1 cm³/mol. The highest BCUT2D eigenvalue weighted by Gasteiger charge is 2.19. The molecule has 1 heterocycles. The number of aryl methyl sites for hydroxylation is 1. The zero-order valence-corrected chi connectivity index (χ0v) is 10.4. The third kappa shape index (κ3) is 2.72. The number of aromatic nitrogens is 1. The highest BCUT2D eigenvalue weighted by Crippen LogP contribution is 2.32. The number of benzene rings is 1. The molecular weight excluding hydrogens is 264 g/mol. The number of nitrogens with zero attached hydrogens (tertiary/aromatic N) is 2. The Bertz CT molecular complexity index is 684. The molecule has 0 bridgehead atoms. The Morgan fingerprint density at radius 1 is 1.40 bits per heavy atom. The molecule has 0 saturated heterocycles. The molecule has 0 aliphatic heterocycles. The molecule has 0 aliphatic carbocycles. The lowest BCUT2D eigenvalue weighted by Gasteiger charge is -2.08. The van der Waals surface area contributed by atoms with Crippen LogP contribution in [0.2, 0.25) is 0 Å². The predicted octanol–water partition coefficient (Wildman–Crippen LogP) is 2.79. The quantitative estimate of drug-likeness (QED) is 0.679. The van der Waals surface area contributed by atoms with Gasteiger partial charge in [0, 0.05) is 23.9 Å². The highest BCUT2D eigenvalue weighted by atomic mass is 16.6. The Hall–Kier alpha value is -2.96. The summed E-state index contributed by atoms with van der Waals surface area (Å²) in [4.78, 5) is 25.2. The molecule has 0 saturated carbocycles. The molecule has 0 amide bonds. The lowest BCUT2D eigenvalue weighted by atomic mass is 10.2. The standard InChI is InChI=1S/C13H10N2O5/c1-8-3-2-6-14-12(8)20-11-7-9(13(16)17)4-5-10(11)15(18)19/h2-7H,1H3,(H,16,17). The van der Waals surface area contributed by atoms with Crippen LogP contribution >= 0.6 is 0 Å². The second-order valence-corrected chi connectivity index (χ2v) is 3.97. The molecule has 0 fully saturated rings. The van der Waals surface area contributed by atoms with Crippen LogP contribution in [-0.4, -0.2) is 21.0 Å².